The van der Waals surface area contributed by atoms with Crippen molar-refractivity contribution in [2.24, 2.45) is 11.8 Å². The Hall–Kier alpha value is 0.715. The molecular formula is C20H25ClFO2Rb. The Balaban J connectivity index is 0.00000225. The fourth-order valence-electron chi connectivity index (χ4n) is 3.87. The molecule has 5 heteroatoms. The van der Waals surface area contributed by atoms with E-state index in [-0.39, 0.29) is 86.8 Å². The molecule has 0 spiro atoms. The summed E-state index contributed by atoms with van der Waals surface area (Å²) >= 11 is 6.16. The zero-order valence-corrected chi connectivity index (χ0v) is 20.9. The maximum atomic E-state index is 14.7. The zero-order valence-electron chi connectivity index (χ0n) is 15.2. The number of halogens is 2. The molecule has 2 fully saturated rings. The van der Waals surface area contributed by atoms with Gasteiger partial charge in [-0.2, -0.15) is 12.8 Å². The van der Waals surface area contributed by atoms with Crippen LogP contribution in [0.2, 0.25) is 5.02 Å². The summed E-state index contributed by atoms with van der Waals surface area (Å²) in [6.45, 7) is 2.20. The molecule has 0 atom stereocenters. The van der Waals surface area contributed by atoms with Crippen LogP contribution >= 0.6 is 11.6 Å². The second kappa shape index (κ2) is 10.3. The Morgan fingerprint density at radius 3 is 2.44 bits per heavy atom. The quantitative estimate of drug-likeness (QED) is 0.413. The van der Waals surface area contributed by atoms with Gasteiger partial charge in [-0.05, 0) is 49.1 Å². The van der Waals surface area contributed by atoms with Crippen molar-refractivity contribution in [1.82, 2.24) is 0 Å². The maximum absolute atomic E-state index is 14.7. The second-order valence-corrected chi connectivity index (χ2v) is 7.68. The van der Waals surface area contributed by atoms with E-state index in [1.807, 2.05) is 0 Å². The van der Waals surface area contributed by atoms with E-state index < -0.39 is 5.82 Å². The van der Waals surface area contributed by atoms with Gasteiger partial charge in [-0.25, -0.2) is 4.39 Å². The summed E-state index contributed by atoms with van der Waals surface area (Å²) in [7, 11) is 0. The summed E-state index contributed by atoms with van der Waals surface area (Å²) in [6.07, 6.45) is 9.94. The van der Waals surface area contributed by atoms with Gasteiger partial charge in [0, 0.05) is 0 Å². The van der Waals surface area contributed by atoms with E-state index in [0.717, 1.165) is 51.4 Å². The van der Waals surface area contributed by atoms with Crippen molar-refractivity contribution in [3.05, 3.63) is 35.0 Å². The number of hydrogen-bond acceptors (Lipinski definition) is 2. The van der Waals surface area contributed by atoms with Crippen LogP contribution in [0.15, 0.2) is 12.1 Å². The van der Waals surface area contributed by atoms with Crippen molar-refractivity contribution in [1.29, 1.82) is 0 Å². The molecule has 1 aromatic rings. The average molecular weight is 437 g/mol. The Kier molecular flexibility index (Phi) is 9.08. The van der Waals surface area contributed by atoms with E-state index in [1.165, 1.54) is 0 Å². The van der Waals surface area contributed by atoms with Crippen LogP contribution in [-0.2, 0) is 4.79 Å². The van der Waals surface area contributed by atoms with Crippen LogP contribution in [0.4, 0.5) is 4.39 Å². The predicted octanol–water partition coefficient (Wildman–Crippen LogP) is 3.08. The predicted molar refractivity (Wildman–Crippen MR) is 93.7 cm³/mol. The molecule has 0 amide bonds. The smallest absolute Gasteiger partial charge is 0.425 e. The molecule has 2 saturated carbocycles. The standard InChI is InChI=1S/C20H25ClFO2.Rb/c1-13-7-9-15(10-8-13)20(23)24-17-12-11-16(19(22)18(17)21)14-5-3-2-4-6-14;/h2,11-15H,3-10H2,1H3;/q-1;+1. The average Bonchev–Trinajstić information content (AvgIpc) is 2.60. The minimum absolute atomic E-state index is 0. The van der Waals surface area contributed by atoms with Gasteiger partial charge in [0.05, 0.1) is 5.92 Å². The van der Waals surface area contributed by atoms with Crippen LogP contribution in [0.1, 0.15) is 69.8 Å². The summed E-state index contributed by atoms with van der Waals surface area (Å²) < 4.78 is 20.1. The van der Waals surface area contributed by atoms with Crippen molar-refractivity contribution in [3.63, 3.8) is 0 Å². The molecule has 0 aromatic heterocycles. The number of benzene rings is 1. The van der Waals surface area contributed by atoms with Crippen molar-refractivity contribution in [2.45, 2.75) is 64.2 Å². The van der Waals surface area contributed by atoms with Gasteiger partial charge in [-0.3, -0.25) is 4.79 Å². The third-order valence-electron chi connectivity index (χ3n) is 5.51. The van der Waals surface area contributed by atoms with E-state index in [1.54, 1.807) is 12.1 Å². The van der Waals surface area contributed by atoms with Gasteiger partial charge in [-0.15, -0.1) is 0 Å². The van der Waals surface area contributed by atoms with Crippen LogP contribution in [0.3, 0.4) is 0 Å². The largest absolute Gasteiger partial charge is 1.00 e. The first kappa shape index (κ1) is 22.0. The molecule has 2 nitrogen and oxygen atoms in total. The van der Waals surface area contributed by atoms with Crippen LogP contribution in [0.5, 0.6) is 5.75 Å². The third-order valence-corrected chi connectivity index (χ3v) is 5.87. The van der Waals surface area contributed by atoms with Crippen molar-refractivity contribution in [2.75, 3.05) is 0 Å². The molecule has 0 saturated heterocycles. The van der Waals surface area contributed by atoms with E-state index in [2.05, 4.69) is 13.3 Å². The number of carbonyl (C=O) groups is 1. The topological polar surface area (TPSA) is 26.3 Å². The fraction of sp³-hybridized carbons (Fsp3) is 0.600. The molecule has 2 aliphatic carbocycles. The zero-order chi connectivity index (χ0) is 17.1. The normalized spacial score (nSPS) is 24.4. The second-order valence-electron chi connectivity index (χ2n) is 7.30. The molecule has 3 rings (SSSR count). The maximum Gasteiger partial charge on any atom is 1.00 e. The van der Waals surface area contributed by atoms with Gasteiger partial charge >= 0.3 is 64.2 Å². The molecule has 0 aliphatic heterocycles. The molecule has 25 heavy (non-hydrogen) atoms. The van der Waals surface area contributed by atoms with E-state index in [0.29, 0.717) is 11.5 Å². The molecule has 2 aliphatic rings. The minimum atomic E-state index is -0.425. The van der Waals surface area contributed by atoms with Crippen LogP contribution < -0.4 is 62.9 Å². The molecule has 0 bridgehead atoms. The Bertz CT molecular complexity index is 594. The summed E-state index contributed by atoms with van der Waals surface area (Å²) in [4.78, 5) is 12.3. The fourth-order valence-corrected chi connectivity index (χ4v) is 4.08. The Morgan fingerprint density at radius 2 is 1.80 bits per heavy atom. The SMILES string of the molecule is CC1CCC(C(=O)Oc2ccc(C3CC[CH-]CC3)c(F)c2Cl)CC1.[Rb+]. The number of carbonyl (C=O) groups excluding carboxylic acids is 1. The first-order valence-electron chi connectivity index (χ1n) is 9.07. The molecule has 132 valence electrons. The van der Waals surface area contributed by atoms with Gasteiger partial charge < -0.3 is 11.2 Å². The number of hydrogen-bond donors (Lipinski definition) is 0. The van der Waals surface area contributed by atoms with Crippen molar-refractivity contribution < 1.29 is 72.1 Å². The minimum Gasteiger partial charge on any atom is -0.425 e. The van der Waals surface area contributed by atoms with Crippen LogP contribution in [-0.4, -0.2) is 5.97 Å². The van der Waals surface area contributed by atoms with Crippen LogP contribution in [0, 0.1) is 24.1 Å². The molecule has 0 unspecified atom stereocenters. The summed E-state index contributed by atoms with van der Waals surface area (Å²) in [5, 5.41) is -0.0559. The van der Waals surface area contributed by atoms with Crippen molar-refractivity contribution >= 4 is 17.6 Å². The molecule has 1 aromatic carbocycles. The van der Waals surface area contributed by atoms with Gasteiger partial charge in [0.25, 0.3) is 0 Å². The van der Waals surface area contributed by atoms with Crippen LogP contribution in [0.25, 0.3) is 0 Å². The molecular weight excluding hydrogens is 412 g/mol. The Labute approximate surface area is 204 Å². The number of rotatable bonds is 3. The van der Waals surface area contributed by atoms with Gasteiger partial charge in [0.2, 0.25) is 0 Å². The van der Waals surface area contributed by atoms with E-state index >= 15 is 0 Å². The summed E-state index contributed by atoms with van der Waals surface area (Å²) in [5.41, 5.74) is 0.652. The first-order chi connectivity index (χ1) is 11.6. The number of esters is 1. The third kappa shape index (κ3) is 5.60. The Morgan fingerprint density at radius 1 is 1.16 bits per heavy atom. The van der Waals surface area contributed by atoms with Gasteiger partial charge in [-0.1, -0.05) is 37.4 Å². The molecule has 0 heterocycles. The van der Waals surface area contributed by atoms with Gasteiger partial charge in [0.15, 0.2) is 5.75 Å². The van der Waals surface area contributed by atoms with E-state index in [9.17, 15) is 9.18 Å². The molecule has 0 radical (unpaired) electrons. The van der Waals surface area contributed by atoms with Crippen molar-refractivity contribution in [3.8, 4) is 5.75 Å². The molecule has 0 N–H and O–H groups in total. The van der Waals surface area contributed by atoms with E-state index in [4.69, 9.17) is 16.3 Å². The first-order valence-corrected chi connectivity index (χ1v) is 9.45. The summed E-state index contributed by atoms with van der Waals surface area (Å²) in [5.74, 6) is 0.242. The van der Waals surface area contributed by atoms with Gasteiger partial charge in [0.1, 0.15) is 10.8 Å². The number of ether oxygens (including phenoxy) is 1. The summed E-state index contributed by atoms with van der Waals surface area (Å²) in [6, 6.07) is 3.39. The monoisotopic (exact) mass is 436 g/mol.